The molecule has 4 nitrogen and oxygen atoms in total. The van der Waals surface area contributed by atoms with Gasteiger partial charge in [-0.1, -0.05) is 26.0 Å². The van der Waals surface area contributed by atoms with Crippen molar-refractivity contribution in [2.75, 3.05) is 16.8 Å². The molecule has 0 atom stereocenters. The summed E-state index contributed by atoms with van der Waals surface area (Å²) in [5.41, 5.74) is 2.00. The van der Waals surface area contributed by atoms with Crippen molar-refractivity contribution < 1.29 is 14.7 Å². The second-order valence-corrected chi connectivity index (χ2v) is 5.63. The molecular weight excluding hydrogens is 262 g/mol. The third kappa shape index (κ3) is 6.29. The predicted octanol–water partition coefficient (Wildman–Crippen LogP) is 2.96. The van der Waals surface area contributed by atoms with E-state index in [9.17, 15) is 9.59 Å². The van der Waals surface area contributed by atoms with E-state index in [2.05, 4.69) is 19.2 Å². The zero-order valence-corrected chi connectivity index (χ0v) is 12.0. The van der Waals surface area contributed by atoms with Gasteiger partial charge in [-0.15, -0.1) is 0 Å². The van der Waals surface area contributed by atoms with Crippen LogP contribution in [0.3, 0.4) is 0 Å². The zero-order chi connectivity index (χ0) is 14.3. The fraction of sp³-hybridized carbons (Fsp3) is 0.429. The van der Waals surface area contributed by atoms with Gasteiger partial charge in [-0.05, 0) is 23.6 Å². The minimum absolute atomic E-state index is 0.0844. The number of carbonyl (C=O) groups excluding carboxylic acids is 1. The van der Waals surface area contributed by atoms with Gasteiger partial charge >= 0.3 is 5.97 Å². The highest BCUT2D eigenvalue weighted by Gasteiger charge is 2.04. The van der Waals surface area contributed by atoms with Gasteiger partial charge in [-0.25, -0.2) is 0 Å². The van der Waals surface area contributed by atoms with Crippen LogP contribution in [0.1, 0.15) is 31.7 Å². The fourth-order valence-corrected chi connectivity index (χ4v) is 2.19. The average Bonchev–Trinajstić information content (AvgIpc) is 2.35. The van der Waals surface area contributed by atoms with Crippen LogP contribution >= 0.6 is 11.8 Å². The molecule has 0 aliphatic carbocycles. The van der Waals surface area contributed by atoms with E-state index < -0.39 is 5.97 Å². The second kappa shape index (κ2) is 7.84. The number of aliphatic carboxylic acids is 1. The van der Waals surface area contributed by atoms with Crippen LogP contribution in [0, 0.1) is 0 Å². The van der Waals surface area contributed by atoms with E-state index in [-0.39, 0.29) is 18.1 Å². The lowest BCUT2D eigenvalue weighted by molar-refractivity contribution is -0.136. The lowest BCUT2D eigenvalue weighted by atomic mass is 10.0. The van der Waals surface area contributed by atoms with Gasteiger partial charge in [0.2, 0.25) is 5.91 Å². The zero-order valence-electron chi connectivity index (χ0n) is 11.2. The Hall–Kier alpha value is -1.49. The predicted molar refractivity (Wildman–Crippen MR) is 78.7 cm³/mol. The summed E-state index contributed by atoms with van der Waals surface area (Å²) in [6.07, 6.45) is 0.0844. The van der Waals surface area contributed by atoms with E-state index in [0.29, 0.717) is 11.7 Å². The van der Waals surface area contributed by atoms with Gasteiger partial charge in [0.1, 0.15) is 0 Å². The van der Waals surface area contributed by atoms with Gasteiger partial charge in [-0.3, -0.25) is 9.59 Å². The maximum atomic E-state index is 11.6. The molecule has 0 radical (unpaired) electrons. The number of thioether (sulfide) groups is 1. The SMILES string of the molecule is CC(C)c1ccc(NC(=O)CSCCC(=O)O)cc1. The number of hydrogen-bond acceptors (Lipinski definition) is 3. The average molecular weight is 281 g/mol. The van der Waals surface area contributed by atoms with Gasteiger partial charge in [0.15, 0.2) is 0 Å². The lowest BCUT2D eigenvalue weighted by Crippen LogP contribution is -2.14. The standard InChI is InChI=1S/C14H19NO3S/c1-10(2)11-3-5-12(6-4-11)15-13(16)9-19-8-7-14(17)18/h3-6,10H,7-9H2,1-2H3,(H,15,16)(H,17,18). The number of carbonyl (C=O) groups is 2. The minimum atomic E-state index is -0.836. The molecule has 19 heavy (non-hydrogen) atoms. The molecule has 0 aliphatic heterocycles. The third-order valence-electron chi connectivity index (χ3n) is 2.55. The number of rotatable bonds is 7. The largest absolute Gasteiger partial charge is 0.481 e. The first-order valence-corrected chi connectivity index (χ1v) is 7.34. The Bertz CT molecular complexity index is 429. The number of hydrogen-bond donors (Lipinski definition) is 2. The highest BCUT2D eigenvalue weighted by atomic mass is 32.2. The molecule has 0 spiro atoms. The van der Waals surface area contributed by atoms with Crippen molar-refractivity contribution in [3.05, 3.63) is 29.8 Å². The molecule has 0 unspecified atom stereocenters. The summed E-state index contributed by atoms with van der Waals surface area (Å²) in [7, 11) is 0. The van der Waals surface area contributed by atoms with E-state index in [0.717, 1.165) is 5.69 Å². The number of anilines is 1. The summed E-state index contributed by atoms with van der Waals surface area (Å²) in [4.78, 5) is 21.9. The molecular formula is C14H19NO3S. The van der Waals surface area contributed by atoms with Crippen molar-refractivity contribution in [2.45, 2.75) is 26.2 Å². The molecule has 1 aromatic carbocycles. The Morgan fingerprint density at radius 1 is 1.26 bits per heavy atom. The van der Waals surface area contributed by atoms with Crippen LogP contribution in [0.4, 0.5) is 5.69 Å². The van der Waals surface area contributed by atoms with Crippen LogP contribution in [0.15, 0.2) is 24.3 Å². The van der Waals surface area contributed by atoms with Crippen molar-refractivity contribution in [3.8, 4) is 0 Å². The van der Waals surface area contributed by atoms with Crippen molar-refractivity contribution in [3.63, 3.8) is 0 Å². The number of amides is 1. The van der Waals surface area contributed by atoms with E-state index >= 15 is 0 Å². The van der Waals surface area contributed by atoms with Crippen LogP contribution in [0.2, 0.25) is 0 Å². The monoisotopic (exact) mass is 281 g/mol. The number of nitrogens with one attached hydrogen (secondary N) is 1. The van der Waals surface area contributed by atoms with Gasteiger partial charge in [0.25, 0.3) is 0 Å². The molecule has 5 heteroatoms. The van der Waals surface area contributed by atoms with Gasteiger partial charge in [0.05, 0.1) is 12.2 Å². The van der Waals surface area contributed by atoms with Gasteiger partial charge < -0.3 is 10.4 Å². The van der Waals surface area contributed by atoms with Crippen molar-refractivity contribution in [2.24, 2.45) is 0 Å². The first kappa shape index (κ1) is 15.6. The lowest BCUT2D eigenvalue weighted by Gasteiger charge is -2.08. The van der Waals surface area contributed by atoms with E-state index in [1.54, 1.807) is 0 Å². The number of carboxylic acid groups (broad SMARTS) is 1. The summed E-state index contributed by atoms with van der Waals surface area (Å²) in [5.74, 6) is 0.259. The fourth-order valence-electron chi connectivity index (χ4n) is 1.47. The molecule has 0 saturated carbocycles. The van der Waals surface area contributed by atoms with Crippen LogP contribution in [-0.2, 0) is 9.59 Å². The summed E-state index contributed by atoms with van der Waals surface area (Å²) in [6, 6.07) is 7.76. The van der Waals surface area contributed by atoms with Gasteiger partial charge in [0, 0.05) is 11.4 Å². The number of carboxylic acids is 1. The topological polar surface area (TPSA) is 66.4 Å². The summed E-state index contributed by atoms with van der Waals surface area (Å²) >= 11 is 1.32. The first-order valence-electron chi connectivity index (χ1n) is 6.18. The quantitative estimate of drug-likeness (QED) is 0.754. The summed E-state index contributed by atoms with van der Waals surface area (Å²) < 4.78 is 0. The van der Waals surface area contributed by atoms with Gasteiger partial charge in [-0.2, -0.15) is 11.8 Å². The first-order chi connectivity index (χ1) is 8.99. The molecule has 2 N–H and O–H groups in total. The maximum absolute atomic E-state index is 11.6. The highest BCUT2D eigenvalue weighted by molar-refractivity contribution is 7.99. The summed E-state index contributed by atoms with van der Waals surface area (Å²) in [6.45, 7) is 4.24. The van der Waals surface area contributed by atoms with Crippen molar-refractivity contribution >= 4 is 29.3 Å². The van der Waals surface area contributed by atoms with Crippen molar-refractivity contribution in [1.29, 1.82) is 0 Å². The molecule has 0 bridgehead atoms. The van der Waals surface area contributed by atoms with E-state index in [1.165, 1.54) is 17.3 Å². The Labute approximate surface area is 117 Å². The molecule has 0 aliphatic rings. The smallest absolute Gasteiger partial charge is 0.304 e. The maximum Gasteiger partial charge on any atom is 0.304 e. The van der Waals surface area contributed by atoms with Crippen molar-refractivity contribution in [1.82, 2.24) is 0 Å². The molecule has 0 heterocycles. The Kier molecular flexibility index (Phi) is 6.42. The molecule has 104 valence electrons. The Morgan fingerprint density at radius 2 is 1.89 bits per heavy atom. The van der Waals surface area contributed by atoms with Crippen LogP contribution in [0.25, 0.3) is 0 Å². The van der Waals surface area contributed by atoms with E-state index in [1.807, 2.05) is 24.3 Å². The van der Waals surface area contributed by atoms with E-state index in [4.69, 9.17) is 5.11 Å². The van der Waals surface area contributed by atoms with Crippen LogP contribution < -0.4 is 5.32 Å². The molecule has 1 rings (SSSR count). The Morgan fingerprint density at radius 3 is 2.42 bits per heavy atom. The normalized spacial score (nSPS) is 10.5. The molecule has 0 saturated heterocycles. The molecule has 0 fully saturated rings. The van der Waals surface area contributed by atoms with Crippen LogP contribution in [0.5, 0.6) is 0 Å². The highest BCUT2D eigenvalue weighted by Crippen LogP contribution is 2.17. The minimum Gasteiger partial charge on any atom is -0.481 e. The molecule has 0 aromatic heterocycles. The Balaban J connectivity index is 2.33. The number of benzene rings is 1. The molecule has 1 amide bonds. The molecule has 1 aromatic rings. The second-order valence-electron chi connectivity index (χ2n) is 4.52. The third-order valence-corrected chi connectivity index (χ3v) is 3.51. The summed E-state index contributed by atoms with van der Waals surface area (Å²) in [5, 5.41) is 11.3. The van der Waals surface area contributed by atoms with Crippen LogP contribution in [-0.4, -0.2) is 28.5 Å².